The molecule has 3 aromatic rings. The SMILES string of the molecule is C[C@@H](NC(=O)c1scnc1C1CC1)c1cccc(-n2cccn2)c1. The zero-order valence-corrected chi connectivity index (χ0v) is 14.2. The Balaban J connectivity index is 1.51. The molecular formula is C18H18N4OS. The predicted molar refractivity (Wildman–Crippen MR) is 93.5 cm³/mol. The van der Waals surface area contributed by atoms with Gasteiger partial charge in [-0.3, -0.25) is 4.79 Å². The van der Waals surface area contributed by atoms with Crippen molar-refractivity contribution >= 4 is 17.2 Å². The lowest BCUT2D eigenvalue weighted by Crippen LogP contribution is -2.26. The summed E-state index contributed by atoms with van der Waals surface area (Å²) < 4.78 is 1.81. The van der Waals surface area contributed by atoms with Gasteiger partial charge >= 0.3 is 0 Å². The molecule has 0 spiro atoms. The lowest BCUT2D eigenvalue weighted by atomic mass is 10.1. The lowest BCUT2D eigenvalue weighted by molar-refractivity contribution is 0.0943. The normalized spacial score (nSPS) is 15.2. The summed E-state index contributed by atoms with van der Waals surface area (Å²) in [7, 11) is 0. The summed E-state index contributed by atoms with van der Waals surface area (Å²) >= 11 is 1.43. The molecule has 4 rings (SSSR count). The van der Waals surface area contributed by atoms with Crippen LogP contribution in [0.15, 0.2) is 48.2 Å². The number of thiazole rings is 1. The Labute approximate surface area is 144 Å². The Morgan fingerprint density at radius 3 is 3.00 bits per heavy atom. The van der Waals surface area contributed by atoms with Crippen LogP contribution < -0.4 is 5.32 Å². The third-order valence-corrected chi connectivity index (χ3v) is 5.09. The molecule has 2 aromatic heterocycles. The average Bonchev–Trinajstić information content (AvgIpc) is 3.11. The molecule has 1 amide bonds. The van der Waals surface area contributed by atoms with Crippen molar-refractivity contribution in [2.75, 3.05) is 0 Å². The number of aromatic nitrogens is 3. The minimum absolute atomic E-state index is 0.0311. The minimum atomic E-state index is -0.0813. The molecule has 24 heavy (non-hydrogen) atoms. The summed E-state index contributed by atoms with van der Waals surface area (Å²) in [6, 6.07) is 9.86. The van der Waals surface area contributed by atoms with Crippen LogP contribution in [0.4, 0.5) is 0 Å². The Morgan fingerprint density at radius 2 is 2.25 bits per heavy atom. The first-order valence-corrected chi connectivity index (χ1v) is 8.94. The average molecular weight is 338 g/mol. The van der Waals surface area contributed by atoms with E-state index in [1.165, 1.54) is 11.3 Å². The second-order valence-corrected chi connectivity index (χ2v) is 6.94. The molecule has 0 saturated heterocycles. The smallest absolute Gasteiger partial charge is 0.263 e. The van der Waals surface area contributed by atoms with Crippen molar-refractivity contribution in [3.05, 3.63) is 64.4 Å². The number of hydrogen-bond donors (Lipinski definition) is 1. The number of nitrogens with one attached hydrogen (secondary N) is 1. The molecule has 5 nitrogen and oxygen atoms in total. The molecule has 1 fully saturated rings. The van der Waals surface area contributed by atoms with Crippen molar-refractivity contribution in [3.8, 4) is 5.69 Å². The highest BCUT2D eigenvalue weighted by atomic mass is 32.1. The molecule has 122 valence electrons. The van der Waals surface area contributed by atoms with Crippen molar-refractivity contribution in [3.63, 3.8) is 0 Å². The van der Waals surface area contributed by atoms with Crippen molar-refractivity contribution in [1.29, 1.82) is 0 Å². The summed E-state index contributed by atoms with van der Waals surface area (Å²) in [5.74, 6) is 0.451. The molecule has 1 aliphatic carbocycles. The molecule has 1 atom stereocenters. The van der Waals surface area contributed by atoms with Crippen molar-refractivity contribution in [1.82, 2.24) is 20.1 Å². The maximum atomic E-state index is 12.6. The molecule has 6 heteroatoms. The summed E-state index contributed by atoms with van der Waals surface area (Å²) in [5, 5.41) is 7.35. The molecule has 2 heterocycles. The Hall–Kier alpha value is -2.47. The zero-order valence-electron chi connectivity index (χ0n) is 13.3. The fraction of sp³-hybridized carbons (Fsp3) is 0.278. The standard InChI is InChI=1S/C18H18N4OS/c1-12(14-4-2-5-15(10-14)22-9-3-8-20-22)21-18(23)17-16(13-6-7-13)19-11-24-17/h2-5,8-13H,6-7H2,1H3,(H,21,23)/t12-/m1/s1. The molecule has 1 saturated carbocycles. The van der Waals surface area contributed by atoms with Crippen LogP contribution in [0, 0.1) is 0 Å². The number of hydrogen-bond acceptors (Lipinski definition) is 4. The van der Waals surface area contributed by atoms with Gasteiger partial charge in [0.15, 0.2) is 0 Å². The Morgan fingerprint density at radius 1 is 1.38 bits per heavy atom. The van der Waals surface area contributed by atoms with E-state index in [1.807, 2.05) is 48.1 Å². The topological polar surface area (TPSA) is 59.8 Å². The van der Waals surface area contributed by atoms with Gasteiger partial charge in [0.05, 0.1) is 22.9 Å². The van der Waals surface area contributed by atoms with Gasteiger partial charge in [0.1, 0.15) is 4.88 Å². The predicted octanol–water partition coefficient (Wildman–Crippen LogP) is 3.70. The third kappa shape index (κ3) is 2.97. The summed E-state index contributed by atoms with van der Waals surface area (Å²) in [5.41, 5.74) is 4.77. The quantitative estimate of drug-likeness (QED) is 0.772. The van der Waals surface area contributed by atoms with Crippen LogP contribution in [0.25, 0.3) is 5.69 Å². The van der Waals surface area contributed by atoms with E-state index in [0.717, 1.165) is 34.7 Å². The molecule has 1 aliphatic rings. The van der Waals surface area contributed by atoms with E-state index in [4.69, 9.17) is 0 Å². The van der Waals surface area contributed by atoms with E-state index in [-0.39, 0.29) is 11.9 Å². The number of rotatable bonds is 5. The second-order valence-electron chi connectivity index (χ2n) is 6.08. The Kier molecular flexibility index (Phi) is 3.90. The number of carbonyl (C=O) groups excluding carboxylic acids is 1. The van der Waals surface area contributed by atoms with Gasteiger partial charge < -0.3 is 5.32 Å². The van der Waals surface area contributed by atoms with Gasteiger partial charge in [-0.2, -0.15) is 5.10 Å². The van der Waals surface area contributed by atoms with Gasteiger partial charge in [0.2, 0.25) is 0 Å². The van der Waals surface area contributed by atoms with Gasteiger partial charge in [-0.1, -0.05) is 12.1 Å². The highest BCUT2D eigenvalue weighted by Crippen LogP contribution is 2.41. The maximum absolute atomic E-state index is 12.6. The van der Waals surface area contributed by atoms with E-state index < -0.39 is 0 Å². The van der Waals surface area contributed by atoms with Crippen molar-refractivity contribution in [2.45, 2.75) is 31.7 Å². The molecule has 1 N–H and O–H groups in total. The highest BCUT2D eigenvalue weighted by Gasteiger charge is 2.31. The largest absolute Gasteiger partial charge is 0.345 e. The van der Waals surface area contributed by atoms with Gasteiger partial charge in [0.25, 0.3) is 5.91 Å². The molecule has 0 radical (unpaired) electrons. The fourth-order valence-electron chi connectivity index (χ4n) is 2.78. The van der Waals surface area contributed by atoms with Crippen LogP contribution in [0.3, 0.4) is 0 Å². The van der Waals surface area contributed by atoms with E-state index in [0.29, 0.717) is 5.92 Å². The molecule has 0 bridgehead atoms. The number of benzene rings is 1. The molecular weight excluding hydrogens is 320 g/mol. The second kappa shape index (κ2) is 6.20. The van der Waals surface area contributed by atoms with E-state index in [1.54, 1.807) is 11.7 Å². The lowest BCUT2D eigenvalue weighted by Gasteiger charge is -2.15. The highest BCUT2D eigenvalue weighted by molar-refractivity contribution is 7.11. The van der Waals surface area contributed by atoms with E-state index in [2.05, 4.69) is 15.4 Å². The summed E-state index contributed by atoms with van der Waals surface area (Å²) in [4.78, 5) is 17.7. The first-order chi connectivity index (χ1) is 11.7. The maximum Gasteiger partial charge on any atom is 0.263 e. The van der Waals surface area contributed by atoms with Crippen LogP contribution in [-0.4, -0.2) is 20.7 Å². The van der Waals surface area contributed by atoms with Crippen LogP contribution in [-0.2, 0) is 0 Å². The van der Waals surface area contributed by atoms with Crippen LogP contribution in [0.5, 0.6) is 0 Å². The van der Waals surface area contributed by atoms with Crippen LogP contribution >= 0.6 is 11.3 Å². The first kappa shape index (κ1) is 15.1. The third-order valence-electron chi connectivity index (χ3n) is 4.25. The fourth-order valence-corrected chi connectivity index (χ4v) is 3.55. The molecule has 0 aliphatic heterocycles. The molecule has 0 unspecified atom stereocenters. The van der Waals surface area contributed by atoms with Crippen molar-refractivity contribution < 1.29 is 4.79 Å². The minimum Gasteiger partial charge on any atom is -0.345 e. The van der Waals surface area contributed by atoms with Crippen molar-refractivity contribution in [2.24, 2.45) is 0 Å². The van der Waals surface area contributed by atoms with E-state index >= 15 is 0 Å². The zero-order chi connectivity index (χ0) is 16.5. The van der Waals surface area contributed by atoms with Gasteiger partial charge in [-0.25, -0.2) is 9.67 Å². The number of carbonyl (C=O) groups is 1. The number of amides is 1. The summed E-state index contributed by atoms with van der Waals surface area (Å²) in [6.07, 6.45) is 5.94. The van der Waals surface area contributed by atoms with E-state index in [9.17, 15) is 4.79 Å². The van der Waals surface area contributed by atoms with Gasteiger partial charge in [0, 0.05) is 18.3 Å². The Bertz CT molecular complexity index is 852. The monoisotopic (exact) mass is 338 g/mol. The van der Waals surface area contributed by atoms with Crippen LogP contribution in [0.2, 0.25) is 0 Å². The first-order valence-electron chi connectivity index (χ1n) is 8.06. The van der Waals surface area contributed by atoms with Crippen LogP contribution in [0.1, 0.15) is 52.7 Å². The number of nitrogens with zero attached hydrogens (tertiary/aromatic N) is 3. The molecule has 1 aromatic carbocycles. The van der Waals surface area contributed by atoms with Gasteiger partial charge in [-0.05, 0) is 43.5 Å². The summed E-state index contributed by atoms with van der Waals surface area (Å²) in [6.45, 7) is 2.00. The van der Waals surface area contributed by atoms with Gasteiger partial charge in [-0.15, -0.1) is 11.3 Å².